The fourth-order valence-electron chi connectivity index (χ4n) is 3.03. The highest BCUT2D eigenvalue weighted by Gasteiger charge is 2.69. The summed E-state index contributed by atoms with van der Waals surface area (Å²) < 4.78 is 102. The molecule has 3 aromatic rings. The summed E-state index contributed by atoms with van der Waals surface area (Å²) in [5.74, 6) is -17.4. The van der Waals surface area contributed by atoms with Crippen molar-refractivity contribution in [2.75, 3.05) is 17.7 Å². The van der Waals surface area contributed by atoms with Gasteiger partial charge in [-0.1, -0.05) is 0 Å². The van der Waals surface area contributed by atoms with Gasteiger partial charge in [-0.15, -0.1) is 0 Å². The van der Waals surface area contributed by atoms with Crippen LogP contribution in [0.25, 0.3) is 0 Å². The van der Waals surface area contributed by atoms with Gasteiger partial charge in [0.05, 0.1) is 5.69 Å². The molecule has 2 aromatic carbocycles. The highest BCUT2D eigenvalue weighted by molar-refractivity contribution is 6.00. The van der Waals surface area contributed by atoms with E-state index in [1.165, 1.54) is 49.6 Å². The van der Waals surface area contributed by atoms with Crippen LogP contribution in [0, 0.1) is 5.82 Å². The summed E-state index contributed by atoms with van der Waals surface area (Å²) in [4.78, 5) is 27.8. The Balaban J connectivity index is 1.70. The van der Waals surface area contributed by atoms with Gasteiger partial charge >= 0.3 is 23.8 Å². The van der Waals surface area contributed by atoms with E-state index in [4.69, 9.17) is 4.74 Å². The third-order valence-corrected chi connectivity index (χ3v) is 5.06. The molecule has 0 aliphatic carbocycles. The van der Waals surface area contributed by atoms with Crippen LogP contribution in [-0.4, -0.2) is 35.8 Å². The quantitative estimate of drug-likeness (QED) is 0.286. The molecule has 7 nitrogen and oxygen atoms in total. The number of nitrogens with zero attached hydrogens (tertiary/aromatic N) is 1. The van der Waals surface area contributed by atoms with Gasteiger partial charge in [-0.3, -0.25) is 9.78 Å². The molecular weight excluding hydrogens is 525 g/mol. The van der Waals surface area contributed by atoms with E-state index in [1.54, 1.807) is 0 Å². The monoisotopic (exact) mass is 544 g/mol. The number of aromatic nitrogens is 1. The first-order chi connectivity index (χ1) is 17.7. The molecule has 0 saturated heterocycles. The Bertz CT molecular complexity index is 1330. The lowest BCUT2D eigenvalue weighted by Crippen LogP contribution is -2.50. The molecule has 0 unspecified atom stereocenters. The fourth-order valence-corrected chi connectivity index (χ4v) is 3.03. The van der Waals surface area contributed by atoms with Crippen LogP contribution in [0.3, 0.4) is 0 Å². The number of benzene rings is 2. The fraction of sp³-hybridized carbons (Fsp3) is 0.208. The molecule has 0 fully saturated rings. The number of nitrogens with one attached hydrogen (secondary N) is 3. The maximum Gasteiger partial charge on any atom is 0.375 e. The topological polar surface area (TPSA) is 92.4 Å². The van der Waals surface area contributed by atoms with Gasteiger partial charge in [0.15, 0.2) is 0 Å². The first kappa shape index (κ1) is 28.2. The second kappa shape index (κ2) is 10.6. The molecule has 0 saturated carbocycles. The van der Waals surface area contributed by atoms with E-state index in [0.29, 0.717) is 11.8 Å². The molecule has 0 bridgehead atoms. The average molecular weight is 544 g/mol. The molecular formula is C24H19F7N4O3. The summed E-state index contributed by atoms with van der Waals surface area (Å²) in [7, 11) is 1.44. The van der Waals surface area contributed by atoms with Crippen LogP contribution in [0.15, 0.2) is 60.8 Å². The largest absolute Gasteiger partial charge is 0.457 e. The first-order valence-electron chi connectivity index (χ1n) is 10.6. The predicted molar refractivity (Wildman–Crippen MR) is 123 cm³/mol. The summed E-state index contributed by atoms with van der Waals surface area (Å²) >= 11 is 0. The molecule has 0 radical (unpaired) electrons. The number of halogens is 7. The van der Waals surface area contributed by atoms with Gasteiger partial charge in [0.1, 0.15) is 23.0 Å². The van der Waals surface area contributed by atoms with Gasteiger partial charge in [0, 0.05) is 37.5 Å². The Morgan fingerprint density at radius 1 is 0.868 bits per heavy atom. The van der Waals surface area contributed by atoms with Crippen LogP contribution >= 0.6 is 0 Å². The SMILES string of the molecule is CNC(=O)c1cc(Oc2ccc(NC(=O)Nc3cc(C(F)(F)C(F)(F)C(C)(F)F)ccc3F)cc2)ccn1. The molecule has 202 valence electrons. The van der Waals surface area contributed by atoms with Crippen molar-refractivity contribution in [1.82, 2.24) is 10.3 Å². The van der Waals surface area contributed by atoms with Crippen molar-refractivity contribution in [2.45, 2.75) is 24.7 Å². The van der Waals surface area contributed by atoms with E-state index in [-0.39, 0.29) is 36.2 Å². The van der Waals surface area contributed by atoms with Gasteiger partial charge in [0.2, 0.25) is 0 Å². The molecule has 0 spiro atoms. The van der Waals surface area contributed by atoms with Crippen molar-refractivity contribution in [3.05, 3.63) is 77.9 Å². The molecule has 0 aliphatic rings. The summed E-state index contributed by atoms with van der Waals surface area (Å²) in [6, 6.07) is 8.01. The van der Waals surface area contributed by atoms with Crippen molar-refractivity contribution in [1.29, 1.82) is 0 Å². The van der Waals surface area contributed by atoms with Crippen molar-refractivity contribution in [2.24, 2.45) is 0 Å². The number of urea groups is 1. The van der Waals surface area contributed by atoms with Gasteiger partial charge in [0.25, 0.3) is 5.91 Å². The molecule has 1 aromatic heterocycles. The van der Waals surface area contributed by atoms with E-state index in [0.717, 1.165) is 0 Å². The van der Waals surface area contributed by atoms with E-state index in [1.807, 2.05) is 5.32 Å². The van der Waals surface area contributed by atoms with E-state index < -0.39 is 46.8 Å². The summed E-state index contributed by atoms with van der Waals surface area (Å²) in [6.07, 6.45) is 1.36. The lowest BCUT2D eigenvalue weighted by Gasteiger charge is -2.31. The van der Waals surface area contributed by atoms with Crippen LogP contribution in [0.2, 0.25) is 0 Å². The van der Waals surface area contributed by atoms with Gasteiger partial charge in [-0.25, -0.2) is 9.18 Å². The van der Waals surface area contributed by atoms with Crippen molar-refractivity contribution in [3.63, 3.8) is 0 Å². The summed E-state index contributed by atoms with van der Waals surface area (Å²) in [6.45, 7) is -0.369. The van der Waals surface area contributed by atoms with Gasteiger partial charge < -0.3 is 20.7 Å². The van der Waals surface area contributed by atoms with Crippen LogP contribution in [0.5, 0.6) is 11.5 Å². The van der Waals surface area contributed by atoms with E-state index >= 15 is 0 Å². The third-order valence-electron chi connectivity index (χ3n) is 5.06. The summed E-state index contributed by atoms with van der Waals surface area (Å²) in [5, 5.41) is 6.55. The maximum atomic E-state index is 14.2. The average Bonchev–Trinajstić information content (AvgIpc) is 2.85. The second-order valence-electron chi connectivity index (χ2n) is 7.89. The minimum Gasteiger partial charge on any atom is -0.457 e. The lowest BCUT2D eigenvalue weighted by molar-refractivity contribution is -0.308. The molecule has 0 atom stereocenters. The second-order valence-corrected chi connectivity index (χ2v) is 7.89. The highest BCUT2D eigenvalue weighted by atomic mass is 19.3. The number of pyridine rings is 1. The molecule has 3 amide bonds. The van der Waals surface area contributed by atoms with Crippen LogP contribution in [0.1, 0.15) is 23.0 Å². The molecule has 0 aliphatic heterocycles. The number of hydrogen-bond acceptors (Lipinski definition) is 4. The number of amides is 3. The van der Waals surface area contributed by atoms with Crippen LogP contribution in [-0.2, 0) is 5.92 Å². The van der Waals surface area contributed by atoms with Crippen LogP contribution in [0.4, 0.5) is 46.9 Å². The number of anilines is 2. The number of rotatable bonds is 8. The normalized spacial score (nSPS) is 12.0. The van der Waals surface area contributed by atoms with E-state index in [2.05, 4.69) is 15.6 Å². The zero-order chi connectivity index (χ0) is 28.3. The summed E-state index contributed by atoms with van der Waals surface area (Å²) in [5.41, 5.74) is -2.33. The molecule has 1 heterocycles. The molecule has 3 N–H and O–H groups in total. The first-order valence-corrected chi connectivity index (χ1v) is 10.6. The van der Waals surface area contributed by atoms with Crippen molar-refractivity contribution < 1.29 is 45.1 Å². The Kier molecular flexibility index (Phi) is 7.84. The number of hydrogen-bond donors (Lipinski definition) is 3. The Morgan fingerprint density at radius 2 is 1.53 bits per heavy atom. The number of carbonyl (C=O) groups is 2. The van der Waals surface area contributed by atoms with Gasteiger partial charge in [-0.05, 0) is 48.5 Å². The number of ether oxygens (including phenoxy) is 1. The lowest BCUT2D eigenvalue weighted by atomic mass is 9.97. The van der Waals surface area contributed by atoms with E-state index in [9.17, 15) is 40.3 Å². The van der Waals surface area contributed by atoms with Gasteiger partial charge in [-0.2, -0.15) is 26.3 Å². The Hall–Kier alpha value is -4.36. The van der Waals surface area contributed by atoms with Crippen LogP contribution < -0.4 is 20.7 Å². The number of carbonyl (C=O) groups excluding carboxylic acids is 2. The highest BCUT2D eigenvalue weighted by Crippen LogP contribution is 2.51. The molecule has 14 heteroatoms. The molecule has 3 rings (SSSR count). The van der Waals surface area contributed by atoms with Crippen molar-refractivity contribution in [3.8, 4) is 11.5 Å². The smallest absolute Gasteiger partial charge is 0.375 e. The predicted octanol–water partition coefficient (Wildman–Crippen LogP) is 6.40. The zero-order valence-electron chi connectivity index (χ0n) is 19.6. The van der Waals surface area contributed by atoms with Crippen molar-refractivity contribution >= 4 is 23.3 Å². The third kappa shape index (κ3) is 5.95. The standard InChI is InChI=1S/C24H19F7N4O3/c1-22(26,27)24(30,31)23(28,29)13-3-8-17(25)18(11-13)35-21(37)34-14-4-6-15(7-5-14)38-16-9-10-33-19(12-16)20(36)32-2/h3-12H,1-2H3,(H,32,36)(H2,34,35,37). The minimum absolute atomic E-state index is 0.112. The maximum absolute atomic E-state index is 14.2. The Morgan fingerprint density at radius 3 is 2.13 bits per heavy atom. The minimum atomic E-state index is -5.79. The molecule has 38 heavy (non-hydrogen) atoms. The Labute approximate surface area is 211 Å². The number of alkyl halides is 6. The zero-order valence-corrected chi connectivity index (χ0v) is 19.6.